The molecule has 0 fully saturated rings. The molecule has 220 valence electrons. The number of nitrogens with zero attached hydrogens (tertiary/aromatic N) is 1. The van der Waals surface area contributed by atoms with Gasteiger partial charge in [-0.25, -0.2) is 18.0 Å². The van der Waals surface area contributed by atoms with Gasteiger partial charge in [0.1, 0.15) is 5.75 Å². The summed E-state index contributed by atoms with van der Waals surface area (Å²) in [5, 5.41) is 17.7. The van der Waals surface area contributed by atoms with E-state index in [9.17, 15) is 27.9 Å². The van der Waals surface area contributed by atoms with Gasteiger partial charge >= 0.3 is 11.9 Å². The summed E-state index contributed by atoms with van der Waals surface area (Å²) in [5.41, 5.74) is 7.28. The lowest BCUT2D eigenvalue weighted by Crippen LogP contribution is -2.14. The number of fused-ring (bicyclic) bond motifs is 1. The number of hydrogen-bond acceptors (Lipinski definition) is 7. The van der Waals surface area contributed by atoms with Crippen molar-refractivity contribution in [3.8, 4) is 5.75 Å². The maximum atomic E-state index is 13.5. The molecule has 0 spiro atoms. The number of ether oxygens (including phenoxy) is 1. The van der Waals surface area contributed by atoms with Crippen molar-refractivity contribution in [3.05, 3.63) is 125 Å². The molecule has 5 N–H and O–H groups in total. The van der Waals surface area contributed by atoms with E-state index in [-0.39, 0.29) is 33.1 Å². The van der Waals surface area contributed by atoms with Crippen molar-refractivity contribution in [1.82, 2.24) is 4.40 Å². The number of aromatic nitrogens is 1. The number of nitrogen functional groups attached to an aromatic ring is 1. The van der Waals surface area contributed by atoms with Gasteiger partial charge in [0.25, 0.3) is 10.0 Å². The molecule has 3 aromatic carbocycles. The highest BCUT2D eigenvalue weighted by Crippen LogP contribution is 2.32. The number of benzene rings is 3. The van der Waals surface area contributed by atoms with Gasteiger partial charge in [-0.3, -0.25) is 9.52 Å². The highest BCUT2D eigenvalue weighted by atomic mass is 32.2. The van der Waals surface area contributed by atoms with Crippen LogP contribution >= 0.6 is 0 Å². The third-order valence-corrected chi connectivity index (χ3v) is 7.80. The third kappa shape index (κ3) is 6.49. The fourth-order valence-corrected chi connectivity index (χ4v) is 5.48. The number of ketones is 1. The smallest absolute Gasteiger partial charge is 0.337 e. The number of anilines is 2. The van der Waals surface area contributed by atoms with E-state index in [1.807, 2.05) is 0 Å². The zero-order valence-corrected chi connectivity index (χ0v) is 23.8. The molecule has 0 aliphatic heterocycles. The number of carboxylic acid groups (broad SMARTS) is 2. The van der Waals surface area contributed by atoms with Crippen molar-refractivity contribution in [2.75, 3.05) is 17.6 Å². The first-order valence-corrected chi connectivity index (χ1v) is 14.1. The Morgan fingerprint density at radius 2 is 1.53 bits per heavy atom. The van der Waals surface area contributed by atoms with Gasteiger partial charge in [-0.2, -0.15) is 0 Å². The first kappa shape index (κ1) is 30.3. The Labute approximate surface area is 246 Å². The zero-order chi connectivity index (χ0) is 31.3. The second-order valence-electron chi connectivity index (χ2n) is 9.20. The van der Waals surface area contributed by atoms with Crippen molar-refractivity contribution in [2.45, 2.75) is 11.8 Å². The quantitative estimate of drug-likeness (QED) is 0.141. The van der Waals surface area contributed by atoms with Gasteiger partial charge < -0.3 is 25.1 Å². The standard InChI is InChI=1S/C24H21N3O6S.C7H6O2/c1-14-21(26-34(31,32)17-7-5-6-16(13-17)33-2)20-8-3-4-11-27(20)22(14)23(28)15-9-10-19(25)18(12-15)24(29)30;8-7(9)6-4-2-1-3-5-6/h3-13,26H,25H2,1-2H3,(H,29,30);1-5H,(H,8,9). The molecule has 0 saturated heterocycles. The number of pyridine rings is 1. The van der Waals surface area contributed by atoms with Gasteiger partial charge in [-0.15, -0.1) is 0 Å². The topological polar surface area (TPSA) is 177 Å². The largest absolute Gasteiger partial charge is 0.497 e. The monoisotopic (exact) mass is 601 g/mol. The summed E-state index contributed by atoms with van der Waals surface area (Å²) in [5.74, 6) is -2.23. The number of hydrogen-bond donors (Lipinski definition) is 4. The number of nitrogens with two attached hydrogens (primary N) is 1. The molecular weight excluding hydrogens is 574 g/mol. The highest BCUT2D eigenvalue weighted by Gasteiger charge is 2.26. The van der Waals surface area contributed by atoms with E-state index in [0.717, 1.165) is 0 Å². The van der Waals surface area contributed by atoms with Crippen molar-refractivity contribution in [2.24, 2.45) is 0 Å². The Bertz CT molecular complexity index is 1950. The Kier molecular flexibility index (Phi) is 8.81. The molecule has 0 aliphatic rings. The molecule has 0 aliphatic carbocycles. The number of rotatable bonds is 8. The van der Waals surface area contributed by atoms with Crippen LogP contribution in [0.4, 0.5) is 11.4 Å². The molecule has 11 nitrogen and oxygen atoms in total. The molecular formula is C31H27N3O8S. The number of methoxy groups -OCH3 is 1. The van der Waals surface area contributed by atoms with E-state index in [1.54, 1.807) is 78.2 Å². The average molecular weight is 602 g/mol. The third-order valence-electron chi connectivity index (χ3n) is 6.46. The first-order valence-electron chi connectivity index (χ1n) is 12.7. The van der Waals surface area contributed by atoms with Crippen LogP contribution in [-0.4, -0.2) is 47.9 Å². The summed E-state index contributed by atoms with van der Waals surface area (Å²) in [6.45, 7) is 1.62. The number of carbonyl (C=O) groups is 3. The normalized spacial score (nSPS) is 10.8. The predicted octanol–water partition coefficient (Wildman–Crippen LogP) is 4.95. The molecule has 0 bridgehead atoms. The predicted molar refractivity (Wildman–Crippen MR) is 161 cm³/mol. The maximum Gasteiger partial charge on any atom is 0.337 e. The van der Waals surface area contributed by atoms with E-state index in [1.165, 1.54) is 37.4 Å². The van der Waals surface area contributed by atoms with E-state index < -0.39 is 27.7 Å². The van der Waals surface area contributed by atoms with Crippen LogP contribution in [0.1, 0.15) is 42.3 Å². The lowest BCUT2D eigenvalue weighted by molar-refractivity contribution is 0.0686. The van der Waals surface area contributed by atoms with Crippen LogP contribution < -0.4 is 15.2 Å². The number of nitrogens with one attached hydrogen (secondary N) is 1. The van der Waals surface area contributed by atoms with Crippen LogP contribution in [0.15, 0.2) is 102 Å². The molecule has 2 heterocycles. The summed E-state index contributed by atoms with van der Waals surface area (Å²) >= 11 is 0. The van der Waals surface area contributed by atoms with Gasteiger partial charge in [0, 0.05) is 29.1 Å². The molecule has 2 aromatic heterocycles. The fraction of sp³-hybridized carbons (Fsp3) is 0.0645. The van der Waals surface area contributed by atoms with Crippen LogP contribution in [0, 0.1) is 6.92 Å². The summed E-state index contributed by atoms with van der Waals surface area (Å²) in [6, 6.07) is 23.4. The van der Waals surface area contributed by atoms with Crippen LogP contribution in [0.25, 0.3) is 5.52 Å². The number of carbonyl (C=O) groups excluding carboxylic acids is 1. The number of sulfonamides is 1. The molecule has 0 amide bonds. The van der Waals surface area contributed by atoms with Gasteiger partial charge in [0.2, 0.25) is 5.78 Å². The van der Waals surface area contributed by atoms with Crippen LogP contribution in [-0.2, 0) is 10.0 Å². The van der Waals surface area contributed by atoms with E-state index >= 15 is 0 Å². The van der Waals surface area contributed by atoms with Gasteiger partial charge in [0.05, 0.1) is 40.0 Å². The van der Waals surface area contributed by atoms with Crippen LogP contribution in [0.5, 0.6) is 5.75 Å². The summed E-state index contributed by atoms with van der Waals surface area (Å²) in [6.07, 6.45) is 1.63. The fourth-order valence-electron chi connectivity index (χ4n) is 4.30. The van der Waals surface area contributed by atoms with E-state index in [2.05, 4.69) is 4.72 Å². The Morgan fingerprint density at radius 1 is 0.837 bits per heavy atom. The molecule has 12 heteroatoms. The lowest BCUT2D eigenvalue weighted by Gasteiger charge is -2.10. The SMILES string of the molecule is COc1cccc(S(=O)(=O)Nc2c(C)c(C(=O)c3ccc(N)c(C(=O)O)c3)n3ccccc23)c1.O=C(O)c1ccccc1. The van der Waals surface area contributed by atoms with Crippen molar-refractivity contribution >= 4 is 44.6 Å². The minimum Gasteiger partial charge on any atom is -0.497 e. The van der Waals surface area contributed by atoms with Crippen LogP contribution in [0.3, 0.4) is 0 Å². The van der Waals surface area contributed by atoms with Crippen molar-refractivity contribution in [3.63, 3.8) is 0 Å². The molecule has 0 unspecified atom stereocenters. The Hall–Kier alpha value is -5.62. The summed E-state index contributed by atoms with van der Waals surface area (Å²) < 4.78 is 35.5. The second-order valence-corrected chi connectivity index (χ2v) is 10.9. The molecule has 43 heavy (non-hydrogen) atoms. The molecule has 0 saturated carbocycles. The van der Waals surface area contributed by atoms with E-state index in [0.29, 0.717) is 22.4 Å². The summed E-state index contributed by atoms with van der Waals surface area (Å²) in [7, 11) is -2.57. The minimum absolute atomic E-state index is 0.000887. The minimum atomic E-state index is -4.01. The molecule has 5 aromatic rings. The Balaban J connectivity index is 0.000000403. The maximum absolute atomic E-state index is 13.5. The van der Waals surface area contributed by atoms with Crippen LogP contribution in [0.2, 0.25) is 0 Å². The first-order chi connectivity index (χ1) is 20.4. The zero-order valence-electron chi connectivity index (χ0n) is 23.0. The van der Waals surface area contributed by atoms with Gasteiger partial charge in [-0.1, -0.05) is 30.3 Å². The van der Waals surface area contributed by atoms with E-state index in [4.69, 9.17) is 15.6 Å². The Morgan fingerprint density at radius 3 is 2.16 bits per heavy atom. The highest BCUT2D eigenvalue weighted by molar-refractivity contribution is 7.92. The molecule has 0 radical (unpaired) electrons. The lowest BCUT2D eigenvalue weighted by atomic mass is 10.0. The number of aromatic carboxylic acids is 2. The summed E-state index contributed by atoms with van der Waals surface area (Å²) in [4.78, 5) is 35.1. The molecule has 0 atom stereocenters. The van der Waals surface area contributed by atoms with Gasteiger partial charge in [0.15, 0.2) is 0 Å². The number of carboxylic acids is 2. The van der Waals surface area contributed by atoms with Crippen molar-refractivity contribution < 1.29 is 37.8 Å². The van der Waals surface area contributed by atoms with Crippen molar-refractivity contribution in [1.29, 1.82) is 0 Å². The average Bonchev–Trinajstić information content (AvgIpc) is 3.27. The molecule has 5 rings (SSSR count). The van der Waals surface area contributed by atoms with Gasteiger partial charge in [-0.05, 0) is 61.5 Å². The second kappa shape index (κ2) is 12.5.